The molecule has 0 saturated heterocycles. The van der Waals surface area contributed by atoms with E-state index in [4.69, 9.17) is 5.26 Å². The van der Waals surface area contributed by atoms with Crippen LogP contribution >= 0.6 is 0 Å². The Labute approximate surface area is 107 Å². The molecular formula is C15H17FN2. The molecule has 0 amide bonds. The third-order valence-electron chi connectivity index (χ3n) is 4.09. The van der Waals surface area contributed by atoms with Crippen molar-refractivity contribution in [1.82, 2.24) is 0 Å². The van der Waals surface area contributed by atoms with E-state index in [2.05, 4.69) is 5.32 Å². The second-order valence-electron chi connectivity index (χ2n) is 5.52. The Bertz CT molecular complexity index is 472. The van der Waals surface area contributed by atoms with Gasteiger partial charge in [0.2, 0.25) is 0 Å². The maximum absolute atomic E-state index is 13.0. The van der Waals surface area contributed by atoms with Gasteiger partial charge < -0.3 is 5.32 Å². The number of hydrogen-bond acceptors (Lipinski definition) is 2. The van der Waals surface area contributed by atoms with Crippen molar-refractivity contribution in [3.63, 3.8) is 0 Å². The molecule has 94 valence electrons. The van der Waals surface area contributed by atoms with Crippen LogP contribution in [0, 0.1) is 34.9 Å². The van der Waals surface area contributed by atoms with Gasteiger partial charge in [-0.1, -0.05) is 0 Å². The van der Waals surface area contributed by atoms with Gasteiger partial charge in [-0.25, -0.2) is 4.39 Å². The number of nitrogens with one attached hydrogen (secondary N) is 1. The van der Waals surface area contributed by atoms with Crippen LogP contribution in [-0.2, 0) is 0 Å². The first-order valence-corrected chi connectivity index (χ1v) is 6.71. The van der Waals surface area contributed by atoms with Crippen molar-refractivity contribution in [3.8, 4) is 6.07 Å². The number of hydrogen-bond donors (Lipinski definition) is 1. The highest BCUT2D eigenvalue weighted by molar-refractivity contribution is 5.57. The lowest BCUT2D eigenvalue weighted by Gasteiger charge is -2.17. The number of halogens is 1. The van der Waals surface area contributed by atoms with Crippen LogP contribution in [0.3, 0.4) is 0 Å². The van der Waals surface area contributed by atoms with Gasteiger partial charge in [0.15, 0.2) is 0 Å². The van der Waals surface area contributed by atoms with Crippen LogP contribution in [0.15, 0.2) is 18.2 Å². The average Bonchev–Trinajstić information content (AvgIpc) is 3.24. The SMILES string of the molecule is N#Cc1cc(F)ccc1NCC(C1CC1)C1CC1. The second-order valence-corrected chi connectivity index (χ2v) is 5.52. The summed E-state index contributed by atoms with van der Waals surface area (Å²) in [7, 11) is 0. The van der Waals surface area contributed by atoms with Gasteiger partial charge in [0.05, 0.1) is 11.3 Å². The third-order valence-corrected chi connectivity index (χ3v) is 4.09. The summed E-state index contributed by atoms with van der Waals surface area (Å²) in [5, 5.41) is 12.3. The summed E-state index contributed by atoms with van der Waals surface area (Å²) in [5.74, 6) is 2.17. The molecule has 18 heavy (non-hydrogen) atoms. The third kappa shape index (κ3) is 2.48. The van der Waals surface area contributed by atoms with E-state index in [1.165, 1.54) is 37.8 Å². The van der Waals surface area contributed by atoms with Crippen LogP contribution in [-0.4, -0.2) is 6.54 Å². The summed E-state index contributed by atoms with van der Waals surface area (Å²) in [6, 6.07) is 6.43. The first-order chi connectivity index (χ1) is 8.78. The molecule has 0 radical (unpaired) electrons. The zero-order valence-electron chi connectivity index (χ0n) is 10.3. The van der Waals surface area contributed by atoms with Gasteiger partial charge in [-0.2, -0.15) is 5.26 Å². The molecule has 2 aliphatic carbocycles. The lowest BCUT2D eigenvalue weighted by molar-refractivity contribution is 0.428. The van der Waals surface area contributed by atoms with Crippen LogP contribution < -0.4 is 5.32 Å². The van der Waals surface area contributed by atoms with Gasteiger partial charge in [0.1, 0.15) is 11.9 Å². The first kappa shape index (κ1) is 11.5. The second kappa shape index (κ2) is 4.61. The van der Waals surface area contributed by atoms with Gasteiger partial charge in [-0.05, 0) is 61.6 Å². The average molecular weight is 244 g/mol. The maximum atomic E-state index is 13.0. The van der Waals surface area contributed by atoms with Gasteiger partial charge in [0.25, 0.3) is 0 Å². The number of nitriles is 1. The number of benzene rings is 1. The molecule has 0 bridgehead atoms. The van der Waals surface area contributed by atoms with Crippen LogP contribution in [0.4, 0.5) is 10.1 Å². The zero-order chi connectivity index (χ0) is 12.5. The van der Waals surface area contributed by atoms with Crippen LogP contribution in [0.5, 0.6) is 0 Å². The fourth-order valence-corrected chi connectivity index (χ4v) is 2.76. The minimum Gasteiger partial charge on any atom is -0.384 e. The Morgan fingerprint density at radius 2 is 1.94 bits per heavy atom. The molecule has 2 fully saturated rings. The summed E-state index contributed by atoms with van der Waals surface area (Å²) < 4.78 is 13.0. The van der Waals surface area contributed by atoms with E-state index < -0.39 is 0 Å². The molecule has 3 rings (SSSR count). The quantitative estimate of drug-likeness (QED) is 0.859. The van der Waals surface area contributed by atoms with E-state index in [-0.39, 0.29) is 5.82 Å². The van der Waals surface area contributed by atoms with Crippen molar-refractivity contribution in [2.24, 2.45) is 17.8 Å². The Kier molecular flexibility index (Phi) is 2.95. The standard InChI is InChI=1S/C15H17FN2/c16-13-5-6-15(12(7-13)8-17)18-9-14(10-1-2-10)11-3-4-11/h5-7,10-11,14,18H,1-4,9H2. The van der Waals surface area contributed by atoms with Gasteiger partial charge in [-0.3, -0.25) is 0 Å². The van der Waals surface area contributed by atoms with Crippen LogP contribution in [0.25, 0.3) is 0 Å². The lowest BCUT2D eigenvalue weighted by atomic mass is 9.97. The summed E-state index contributed by atoms with van der Waals surface area (Å²) in [6.07, 6.45) is 5.43. The van der Waals surface area contributed by atoms with Crippen molar-refractivity contribution < 1.29 is 4.39 Å². The largest absolute Gasteiger partial charge is 0.384 e. The molecule has 3 heteroatoms. The van der Waals surface area contributed by atoms with E-state index in [0.29, 0.717) is 5.56 Å². The maximum Gasteiger partial charge on any atom is 0.124 e. The predicted molar refractivity (Wildman–Crippen MR) is 68.5 cm³/mol. The summed E-state index contributed by atoms with van der Waals surface area (Å²) in [5.41, 5.74) is 1.17. The number of anilines is 1. The molecule has 0 spiro atoms. The number of rotatable bonds is 5. The Morgan fingerprint density at radius 3 is 2.50 bits per heavy atom. The topological polar surface area (TPSA) is 35.8 Å². The molecule has 2 saturated carbocycles. The monoisotopic (exact) mass is 244 g/mol. The fraction of sp³-hybridized carbons (Fsp3) is 0.533. The molecule has 2 aliphatic rings. The smallest absolute Gasteiger partial charge is 0.124 e. The van der Waals surface area contributed by atoms with Gasteiger partial charge in [-0.15, -0.1) is 0 Å². The molecule has 1 aromatic carbocycles. The molecule has 1 N–H and O–H groups in total. The zero-order valence-corrected chi connectivity index (χ0v) is 10.3. The predicted octanol–water partition coefficient (Wildman–Crippen LogP) is 3.55. The molecule has 0 aliphatic heterocycles. The summed E-state index contributed by atoms with van der Waals surface area (Å²) in [4.78, 5) is 0. The Hall–Kier alpha value is -1.56. The van der Waals surface area contributed by atoms with E-state index in [1.54, 1.807) is 6.07 Å². The van der Waals surface area contributed by atoms with E-state index in [0.717, 1.165) is 30.0 Å². The van der Waals surface area contributed by atoms with Crippen LogP contribution in [0.2, 0.25) is 0 Å². The molecule has 0 atom stereocenters. The van der Waals surface area contributed by atoms with E-state index in [9.17, 15) is 4.39 Å². The minimum absolute atomic E-state index is 0.349. The van der Waals surface area contributed by atoms with Crippen molar-refractivity contribution in [1.29, 1.82) is 5.26 Å². The van der Waals surface area contributed by atoms with Gasteiger partial charge >= 0.3 is 0 Å². The summed E-state index contributed by atoms with van der Waals surface area (Å²) >= 11 is 0. The molecular weight excluding hydrogens is 227 g/mol. The van der Waals surface area contributed by atoms with E-state index in [1.807, 2.05) is 6.07 Å². The highest BCUT2D eigenvalue weighted by Gasteiger charge is 2.41. The first-order valence-electron chi connectivity index (χ1n) is 6.71. The molecule has 0 heterocycles. The molecule has 2 nitrogen and oxygen atoms in total. The normalized spacial score (nSPS) is 18.7. The highest BCUT2D eigenvalue weighted by Crippen LogP contribution is 2.49. The molecule has 0 aromatic heterocycles. The molecule has 0 unspecified atom stereocenters. The fourth-order valence-electron chi connectivity index (χ4n) is 2.76. The Balaban J connectivity index is 1.67. The van der Waals surface area contributed by atoms with Crippen molar-refractivity contribution in [2.75, 3.05) is 11.9 Å². The lowest BCUT2D eigenvalue weighted by Crippen LogP contribution is -2.18. The number of nitrogens with zero attached hydrogens (tertiary/aromatic N) is 1. The minimum atomic E-state index is -0.349. The van der Waals surface area contributed by atoms with Gasteiger partial charge in [0, 0.05) is 6.54 Å². The molecule has 1 aromatic rings. The van der Waals surface area contributed by atoms with Crippen LogP contribution in [0.1, 0.15) is 31.2 Å². The van der Waals surface area contributed by atoms with Crippen molar-refractivity contribution >= 4 is 5.69 Å². The van der Waals surface area contributed by atoms with Crippen molar-refractivity contribution in [3.05, 3.63) is 29.6 Å². The van der Waals surface area contributed by atoms with E-state index >= 15 is 0 Å². The summed E-state index contributed by atoms with van der Waals surface area (Å²) in [6.45, 7) is 0.926. The Morgan fingerprint density at radius 1 is 1.28 bits per heavy atom. The highest BCUT2D eigenvalue weighted by atomic mass is 19.1. The van der Waals surface area contributed by atoms with Crippen molar-refractivity contribution in [2.45, 2.75) is 25.7 Å².